The number of aryl methyl sites for hydroxylation is 1. The lowest BCUT2D eigenvalue weighted by Gasteiger charge is -2.53. The third-order valence-electron chi connectivity index (χ3n) is 7.09. The number of aromatic nitrogens is 1. The molecule has 1 spiro atoms. The lowest BCUT2D eigenvalue weighted by Crippen LogP contribution is -2.57. The monoisotopic (exact) mass is 468 g/mol. The van der Waals surface area contributed by atoms with Crippen molar-refractivity contribution < 1.29 is 18.0 Å². The molecule has 1 saturated heterocycles. The van der Waals surface area contributed by atoms with Gasteiger partial charge in [0.1, 0.15) is 0 Å². The largest absolute Gasteiger partial charge is 0.418 e. The Morgan fingerprint density at radius 3 is 2.47 bits per heavy atom. The van der Waals surface area contributed by atoms with Gasteiger partial charge in [0.2, 0.25) is 0 Å². The zero-order chi connectivity index (χ0) is 24.1. The maximum atomic E-state index is 13.3. The molecule has 8 heteroatoms. The number of fused-ring (bicyclic) bond motifs is 4. The fraction of sp³-hybridized carbons (Fsp3) is 0.346. The van der Waals surface area contributed by atoms with Gasteiger partial charge in [0.05, 0.1) is 28.2 Å². The second kappa shape index (κ2) is 8.11. The van der Waals surface area contributed by atoms with Crippen LogP contribution in [0.25, 0.3) is 5.69 Å². The van der Waals surface area contributed by atoms with Crippen LogP contribution in [-0.2, 0) is 11.7 Å². The van der Waals surface area contributed by atoms with E-state index in [-0.39, 0.29) is 11.2 Å². The Hall–Kier alpha value is -3.42. The van der Waals surface area contributed by atoms with Crippen LogP contribution >= 0.6 is 0 Å². The predicted octanol–water partition coefficient (Wildman–Crippen LogP) is 6.17. The summed E-state index contributed by atoms with van der Waals surface area (Å²) in [7, 11) is 0. The minimum atomic E-state index is -4.53. The molecule has 0 unspecified atom stereocenters. The number of carbonyl (C=O) groups is 1. The molecule has 3 aromatic rings. The van der Waals surface area contributed by atoms with Crippen molar-refractivity contribution in [1.82, 2.24) is 9.47 Å². The second-order valence-electron chi connectivity index (χ2n) is 8.99. The number of alkyl halides is 3. The maximum Gasteiger partial charge on any atom is 0.418 e. The van der Waals surface area contributed by atoms with Crippen LogP contribution in [0.5, 0.6) is 0 Å². The van der Waals surface area contributed by atoms with Crippen LogP contribution < -0.4 is 10.2 Å². The number of nitrogens with zero attached hydrogens (tertiary/aromatic N) is 3. The van der Waals surface area contributed by atoms with Crippen LogP contribution in [0.3, 0.4) is 0 Å². The number of benzene rings is 2. The molecule has 1 fully saturated rings. The van der Waals surface area contributed by atoms with Gasteiger partial charge in [-0.25, -0.2) is 4.79 Å². The number of amides is 2. The van der Waals surface area contributed by atoms with Gasteiger partial charge in [0.25, 0.3) is 0 Å². The van der Waals surface area contributed by atoms with E-state index in [1.165, 1.54) is 35.1 Å². The number of piperidine rings is 1. The molecule has 0 radical (unpaired) electrons. The SMILES string of the molecule is CCN1c2cc(C)ccc2-n2cccc2C12CCN(C(=O)Nc1ccccc1C(F)(F)F)CC2. The first-order valence-electron chi connectivity index (χ1n) is 11.5. The molecule has 1 aromatic heterocycles. The summed E-state index contributed by atoms with van der Waals surface area (Å²) >= 11 is 0. The molecule has 0 saturated carbocycles. The quantitative estimate of drug-likeness (QED) is 0.489. The van der Waals surface area contributed by atoms with E-state index in [0.717, 1.165) is 18.3 Å². The number of likely N-dealkylation sites (tertiary alicyclic amines) is 1. The first-order valence-corrected chi connectivity index (χ1v) is 11.5. The average molecular weight is 469 g/mol. The van der Waals surface area contributed by atoms with Crippen LogP contribution in [0.4, 0.5) is 29.3 Å². The van der Waals surface area contributed by atoms with E-state index in [2.05, 4.69) is 59.1 Å². The van der Waals surface area contributed by atoms with Gasteiger partial charge >= 0.3 is 12.2 Å². The number of urea groups is 1. The summed E-state index contributed by atoms with van der Waals surface area (Å²) in [4.78, 5) is 17.0. The summed E-state index contributed by atoms with van der Waals surface area (Å²) in [6.45, 7) is 5.93. The highest BCUT2D eigenvalue weighted by Crippen LogP contribution is 2.48. The number of nitrogens with one attached hydrogen (secondary N) is 1. The summed E-state index contributed by atoms with van der Waals surface area (Å²) in [5, 5.41) is 2.49. The highest BCUT2D eigenvalue weighted by molar-refractivity contribution is 5.90. The first-order chi connectivity index (χ1) is 16.2. The molecule has 2 aliphatic heterocycles. The van der Waals surface area contributed by atoms with Crippen molar-refractivity contribution in [3.63, 3.8) is 0 Å². The molecule has 5 nitrogen and oxygen atoms in total. The van der Waals surface area contributed by atoms with Crippen molar-refractivity contribution in [3.8, 4) is 5.69 Å². The molecular weight excluding hydrogens is 441 g/mol. The zero-order valence-corrected chi connectivity index (χ0v) is 19.2. The number of carbonyl (C=O) groups excluding carboxylic acids is 1. The Labute approximate surface area is 196 Å². The highest BCUT2D eigenvalue weighted by Gasteiger charge is 2.47. The van der Waals surface area contributed by atoms with Gasteiger partial charge in [0, 0.05) is 31.5 Å². The lowest BCUT2D eigenvalue weighted by atomic mass is 9.80. The standard InChI is InChI=1S/C26H27F3N4O/c1-3-33-22-17-18(2)10-11-21(22)32-14-6-9-23(32)25(33)12-15-31(16-13-25)24(34)30-20-8-5-4-7-19(20)26(27,28)29/h4-11,14,17H,3,12-13,15-16H2,1-2H3,(H,30,34). The normalized spacial score (nSPS) is 16.9. The Morgan fingerprint density at radius 1 is 1.03 bits per heavy atom. The van der Waals surface area contributed by atoms with E-state index in [9.17, 15) is 18.0 Å². The molecule has 0 aliphatic carbocycles. The molecule has 3 heterocycles. The Bertz CT molecular complexity index is 1220. The predicted molar refractivity (Wildman–Crippen MR) is 126 cm³/mol. The van der Waals surface area contributed by atoms with Crippen LogP contribution in [0, 0.1) is 6.92 Å². The number of anilines is 2. The minimum absolute atomic E-state index is 0.216. The van der Waals surface area contributed by atoms with Crippen molar-refractivity contribution in [2.24, 2.45) is 0 Å². The maximum absolute atomic E-state index is 13.3. The molecule has 5 rings (SSSR count). The van der Waals surface area contributed by atoms with E-state index in [1.807, 2.05) is 6.07 Å². The van der Waals surface area contributed by atoms with Crippen molar-refractivity contribution in [2.75, 3.05) is 29.9 Å². The summed E-state index contributed by atoms with van der Waals surface area (Å²) in [6, 6.07) is 15.2. The summed E-state index contributed by atoms with van der Waals surface area (Å²) < 4.78 is 42.3. The zero-order valence-electron chi connectivity index (χ0n) is 19.2. The van der Waals surface area contributed by atoms with Crippen LogP contribution in [0.2, 0.25) is 0 Å². The molecule has 2 aromatic carbocycles. The number of halogens is 3. The highest BCUT2D eigenvalue weighted by atomic mass is 19.4. The van der Waals surface area contributed by atoms with Crippen LogP contribution in [0.15, 0.2) is 60.8 Å². The van der Waals surface area contributed by atoms with E-state index >= 15 is 0 Å². The lowest BCUT2D eigenvalue weighted by molar-refractivity contribution is -0.136. The molecule has 1 N–H and O–H groups in total. The molecule has 178 valence electrons. The number of para-hydroxylation sites is 1. The van der Waals surface area contributed by atoms with E-state index < -0.39 is 17.8 Å². The molecule has 2 amide bonds. The van der Waals surface area contributed by atoms with Gasteiger partial charge in [-0.05, 0) is 68.7 Å². The summed E-state index contributed by atoms with van der Waals surface area (Å²) in [5.74, 6) is 0. The Morgan fingerprint density at radius 2 is 1.76 bits per heavy atom. The number of hydrogen-bond donors (Lipinski definition) is 1. The topological polar surface area (TPSA) is 40.5 Å². The second-order valence-corrected chi connectivity index (χ2v) is 8.99. The van der Waals surface area contributed by atoms with Crippen molar-refractivity contribution >= 4 is 17.4 Å². The van der Waals surface area contributed by atoms with Crippen molar-refractivity contribution in [3.05, 3.63) is 77.6 Å². The smallest absolute Gasteiger partial charge is 0.359 e. The summed E-state index contributed by atoms with van der Waals surface area (Å²) in [5.41, 5.74) is 3.35. The fourth-order valence-corrected chi connectivity index (χ4v) is 5.50. The molecule has 34 heavy (non-hydrogen) atoms. The number of rotatable bonds is 2. The fourth-order valence-electron chi connectivity index (χ4n) is 5.50. The molecular formula is C26H27F3N4O. The van der Waals surface area contributed by atoms with Crippen molar-refractivity contribution in [2.45, 2.75) is 38.4 Å². The van der Waals surface area contributed by atoms with E-state index in [0.29, 0.717) is 25.9 Å². The third kappa shape index (κ3) is 3.52. The number of hydrogen-bond acceptors (Lipinski definition) is 2. The van der Waals surface area contributed by atoms with Gasteiger partial charge in [-0.15, -0.1) is 0 Å². The third-order valence-corrected chi connectivity index (χ3v) is 7.09. The molecule has 2 aliphatic rings. The van der Waals surface area contributed by atoms with Gasteiger partial charge in [0.15, 0.2) is 0 Å². The van der Waals surface area contributed by atoms with Crippen LogP contribution in [0.1, 0.15) is 36.6 Å². The van der Waals surface area contributed by atoms with E-state index in [4.69, 9.17) is 0 Å². The Kier molecular flexibility index (Phi) is 5.34. The Balaban J connectivity index is 1.40. The van der Waals surface area contributed by atoms with E-state index in [1.54, 1.807) is 4.90 Å². The molecule has 0 atom stereocenters. The average Bonchev–Trinajstić information content (AvgIpc) is 3.30. The first kappa shape index (κ1) is 22.4. The van der Waals surface area contributed by atoms with Gasteiger partial charge in [-0.1, -0.05) is 18.2 Å². The summed E-state index contributed by atoms with van der Waals surface area (Å²) in [6.07, 6.45) is -1.08. The van der Waals surface area contributed by atoms with Crippen molar-refractivity contribution in [1.29, 1.82) is 0 Å². The minimum Gasteiger partial charge on any atom is -0.359 e. The van der Waals surface area contributed by atoms with Gasteiger partial charge in [-0.3, -0.25) is 0 Å². The van der Waals surface area contributed by atoms with Gasteiger partial charge < -0.3 is 19.7 Å². The van der Waals surface area contributed by atoms with Crippen LogP contribution in [-0.4, -0.2) is 35.1 Å². The van der Waals surface area contributed by atoms with Gasteiger partial charge in [-0.2, -0.15) is 13.2 Å². The molecule has 0 bridgehead atoms.